The number of nitrogens with one attached hydrogen (secondary N) is 1. The zero-order valence-electron chi connectivity index (χ0n) is 11.0. The van der Waals surface area contributed by atoms with Crippen LogP contribution in [0.2, 0.25) is 5.02 Å². The molecule has 1 heterocycles. The van der Waals surface area contributed by atoms with E-state index < -0.39 is 0 Å². The highest BCUT2D eigenvalue weighted by Gasteiger charge is 2.17. The Hall–Kier alpha value is -0.900. The van der Waals surface area contributed by atoms with Crippen LogP contribution in [0.4, 0.5) is 4.39 Å². The van der Waals surface area contributed by atoms with Gasteiger partial charge in [0.2, 0.25) is 0 Å². The lowest BCUT2D eigenvalue weighted by Gasteiger charge is -2.18. The second kappa shape index (κ2) is 6.51. The Morgan fingerprint density at radius 1 is 1.37 bits per heavy atom. The predicted octanol–water partition coefficient (Wildman–Crippen LogP) is 4.74. The van der Waals surface area contributed by atoms with Crippen molar-refractivity contribution in [2.24, 2.45) is 0 Å². The van der Waals surface area contributed by atoms with Crippen LogP contribution >= 0.6 is 22.9 Å². The zero-order chi connectivity index (χ0) is 13.8. The minimum Gasteiger partial charge on any atom is -0.309 e. The highest BCUT2D eigenvalue weighted by Crippen LogP contribution is 2.31. The molecular formula is C15H17ClFNS. The first-order chi connectivity index (χ1) is 9.11. The third-order valence-corrected chi connectivity index (χ3v) is 4.62. The Bertz CT molecular complexity index is 553. The summed E-state index contributed by atoms with van der Waals surface area (Å²) in [5.41, 5.74) is 2.13. The van der Waals surface area contributed by atoms with Gasteiger partial charge in [-0.05, 0) is 54.6 Å². The number of rotatable bonds is 5. The second-order valence-electron chi connectivity index (χ2n) is 4.52. The second-order valence-corrected chi connectivity index (χ2v) is 5.87. The van der Waals surface area contributed by atoms with Gasteiger partial charge in [-0.15, -0.1) is 11.3 Å². The Morgan fingerprint density at radius 3 is 2.79 bits per heavy atom. The van der Waals surface area contributed by atoms with Crippen LogP contribution in [-0.2, 0) is 6.42 Å². The highest BCUT2D eigenvalue weighted by atomic mass is 35.5. The van der Waals surface area contributed by atoms with E-state index in [2.05, 4.69) is 12.2 Å². The quantitative estimate of drug-likeness (QED) is 0.840. The molecule has 0 aliphatic carbocycles. The molecule has 1 atom stereocenters. The Labute approximate surface area is 122 Å². The van der Waals surface area contributed by atoms with Crippen LogP contribution in [0.3, 0.4) is 0 Å². The van der Waals surface area contributed by atoms with Crippen molar-refractivity contribution >= 4 is 22.9 Å². The fraction of sp³-hybridized carbons (Fsp3) is 0.333. The molecule has 1 nitrogen and oxygen atoms in total. The minimum absolute atomic E-state index is 0.137. The maximum Gasteiger partial charge on any atom is 0.123 e. The van der Waals surface area contributed by atoms with Gasteiger partial charge in [0.15, 0.2) is 0 Å². The third-order valence-electron chi connectivity index (χ3n) is 3.15. The topological polar surface area (TPSA) is 12.0 Å². The molecule has 0 spiro atoms. The summed E-state index contributed by atoms with van der Waals surface area (Å²) >= 11 is 7.84. The molecule has 0 radical (unpaired) electrons. The maximum atomic E-state index is 13.4. The van der Waals surface area contributed by atoms with E-state index in [9.17, 15) is 4.39 Å². The van der Waals surface area contributed by atoms with Crippen LogP contribution in [0, 0.1) is 12.7 Å². The van der Waals surface area contributed by atoms with Gasteiger partial charge in [-0.25, -0.2) is 4.39 Å². The lowest BCUT2D eigenvalue weighted by molar-refractivity contribution is 0.553. The van der Waals surface area contributed by atoms with Crippen molar-refractivity contribution in [3.05, 3.63) is 56.5 Å². The van der Waals surface area contributed by atoms with Crippen molar-refractivity contribution in [3.8, 4) is 0 Å². The van der Waals surface area contributed by atoms with Gasteiger partial charge in [0.05, 0.1) is 5.02 Å². The van der Waals surface area contributed by atoms with E-state index in [0.717, 1.165) is 34.0 Å². The van der Waals surface area contributed by atoms with E-state index in [-0.39, 0.29) is 11.9 Å². The van der Waals surface area contributed by atoms with Gasteiger partial charge in [-0.1, -0.05) is 24.6 Å². The van der Waals surface area contributed by atoms with Crippen molar-refractivity contribution in [1.82, 2.24) is 5.32 Å². The maximum absolute atomic E-state index is 13.4. The summed E-state index contributed by atoms with van der Waals surface area (Å²) in [7, 11) is 0. The molecule has 0 fully saturated rings. The van der Waals surface area contributed by atoms with Gasteiger partial charge in [0.1, 0.15) is 5.82 Å². The number of aryl methyl sites for hydroxylation is 1. The molecule has 0 bridgehead atoms. The Balaban J connectivity index is 2.26. The molecule has 1 unspecified atom stereocenters. The molecule has 1 aromatic heterocycles. The summed E-state index contributed by atoms with van der Waals surface area (Å²) in [6.07, 6.45) is 0.748. The minimum atomic E-state index is -0.187. The van der Waals surface area contributed by atoms with E-state index in [4.69, 9.17) is 11.6 Å². The smallest absolute Gasteiger partial charge is 0.123 e. The van der Waals surface area contributed by atoms with Crippen LogP contribution < -0.4 is 5.32 Å². The number of hydrogen-bond donors (Lipinski definition) is 1. The molecule has 0 saturated carbocycles. The molecular weight excluding hydrogens is 281 g/mol. The molecule has 0 saturated heterocycles. The molecule has 2 aromatic rings. The molecule has 0 aliphatic heterocycles. The van der Waals surface area contributed by atoms with E-state index in [1.807, 2.05) is 24.4 Å². The van der Waals surface area contributed by atoms with E-state index in [1.165, 1.54) is 6.07 Å². The molecule has 1 N–H and O–H groups in total. The lowest BCUT2D eigenvalue weighted by Crippen LogP contribution is -2.22. The normalized spacial score (nSPS) is 12.6. The summed E-state index contributed by atoms with van der Waals surface area (Å²) in [4.78, 5) is 1.12. The van der Waals surface area contributed by atoms with Gasteiger partial charge >= 0.3 is 0 Å². The van der Waals surface area contributed by atoms with Crippen LogP contribution in [-0.4, -0.2) is 6.54 Å². The average Bonchev–Trinajstić information content (AvgIpc) is 2.79. The van der Waals surface area contributed by atoms with Gasteiger partial charge < -0.3 is 5.32 Å². The monoisotopic (exact) mass is 297 g/mol. The number of halogens is 2. The Kier molecular flexibility index (Phi) is 4.97. The summed E-state index contributed by atoms with van der Waals surface area (Å²) in [5.74, 6) is -0.187. The van der Waals surface area contributed by atoms with Crippen LogP contribution in [0.25, 0.3) is 0 Å². The SMILES string of the molecule is CCNC(Cc1cc(F)ccc1C)c1sccc1Cl. The van der Waals surface area contributed by atoms with E-state index >= 15 is 0 Å². The molecule has 0 amide bonds. The van der Waals surface area contributed by atoms with Gasteiger partial charge in [0.25, 0.3) is 0 Å². The fourth-order valence-electron chi connectivity index (χ4n) is 2.14. The number of thiophene rings is 1. The first-order valence-electron chi connectivity index (χ1n) is 6.33. The summed E-state index contributed by atoms with van der Waals surface area (Å²) in [5, 5.41) is 6.19. The zero-order valence-corrected chi connectivity index (χ0v) is 12.6. The standard InChI is InChI=1S/C15H17ClFNS/c1-3-18-14(15-13(16)6-7-19-15)9-11-8-12(17)5-4-10(11)2/h4-8,14,18H,3,9H2,1-2H3. The molecule has 19 heavy (non-hydrogen) atoms. The first-order valence-corrected chi connectivity index (χ1v) is 7.59. The van der Waals surface area contributed by atoms with Crippen molar-refractivity contribution in [3.63, 3.8) is 0 Å². The number of benzene rings is 1. The first kappa shape index (κ1) is 14.5. The van der Waals surface area contributed by atoms with Crippen molar-refractivity contribution in [2.75, 3.05) is 6.54 Å². The molecule has 4 heteroatoms. The summed E-state index contributed by atoms with van der Waals surface area (Å²) < 4.78 is 13.4. The number of hydrogen-bond acceptors (Lipinski definition) is 2. The van der Waals surface area contributed by atoms with Crippen molar-refractivity contribution in [2.45, 2.75) is 26.3 Å². The van der Waals surface area contributed by atoms with Gasteiger partial charge in [-0.2, -0.15) is 0 Å². The van der Waals surface area contributed by atoms with Crippen LogP contribution in [0.1, 0.15) is 29.0 Å². The highest BCUT2D eigenvalue weighted by molar-refractivity contribution is 7.10. The average molecular weight is 298 g/mol. The third kappa shape index (κ3) is 3.56. The molecule has 2 rings (SSSR count). The van der Waals surface area contributed by atoms with Gasteiger partial charge in [0, 0.05) is 10.9 Å². The number of likely N-dealkylation sites (N-methyl/N-ethyl adjacent to an activating group) is 1. The van der Waals surface area contributed by atoms with Crippen molar-refractivity contribution < 1.29 is 4.39 Å². The summed E-state index contributed by atoms with van der Waals surface area (Å²) in [6, 6.07) is 6.98. The van der Waals surface area contributed by atoms with E-state index in [0.29, 0.717) is 0 Å². The largest absolute Gasteiger partial charge is 0.309 e. The van der Waals surface area contributed by atoms with Gasteiger partial charge in [-0.3, -0.25) is 0 Å². The summed E-state index contributed by atoms with van der Waals surface area (Å²) in [6.45, 7) is 4.92. The fourth-order valence-corrected chi connectivity index (χ4v) is 3.40. The molecule has 1 aromatic carbocycles. The van der Waals surface area contributed by atoms with Crippen LogP contribution in [0.15, 0.2) is 29.6 Å². The molecule has 0 aliphatic rings. The molecule has 102 valence electrons. The Morgan fingerprint density at radius 2 is 2.16 bits per heavy atom. The predicted molar refractivity (Wildman–Crippen MR) is 80.6 cm³/mol. The van der Waals surface area contributed by atoms with Crippen LogP contribution in [0.5, 0.6) is 0 Å². The lowest BCUT2D eigenvalue weighted by atomic mass is 10.00. The van der Waals surface area contributed by atoms with E-state index in [1.54, 1.807) is 17.4 Å². The van der Waals surface area contributed by atoms with Crippen molar-refractivity contribution in [1.29, 1.82) is 0 Å².